The summed E-state index contributed by atoms with van der Waals surface area (Å²) in [5, 5.41) is 11.7. The number of benzene rings is 1. The van der Waals surface area contributed by atoms with Crippen molar-refractivity contribution in [2.24, 2.45) is 11.8 Å². The lowest BCUT2D eigenvalue weighted by Crippen LogP contribution is -2.46. The summed E-state index contributed by atoms with van der Waals surface area (Å²) >= 11 is 0. The van der Waals surface area contributed by atoms with Crippen LogP contribution < -0.4 is 5.32 Å². The van der Waals surface area contributed by atoms with Gasteiger partial charge in [-0.1, -0.05) is 37.3 Å². The lowest BCUT2D eigenvalue weighted by Gasteiger charge is -2.35. The molecule has 0 radical (unpaired) electrons. The largest absolute Gasteiger partial charge is 0.341 e. The third kappa shape index (κ3) is 4.45. The number of hydrogen-bond donors (Lipinski definition) is 1. The van der Waals surface area contributed by atoms with Crippen molar-refractivity contribution in [2.45, 2.75) is 33.2 Å². The van der Waals surface area contributed by atoms with Gasteiger partial charge in [-0.25, -0.2) is 4.68 Å². The van der Waals surface area contributed by atoms with Crippen molar-refractivity contribution in [3.63, 3.8) is 0 Å². The number of amides is 1. The predicted molar refractivity (Wildman–Crippen MR) is 97.3 cm³/mol. The Morgan fingerprint density at radius 1 is 1.24 bits per heavy atom. The third-order valence-electron chi connectivity index (χ3n) is 4.76. The van der Waals surface area contributed by atoms with Gasteiger partial charge < -0.3 is 10.2 Å². The Kier molecular flexibility index (Phi) is 5.48. The number of aromatic nitrogens is 3. The molecule has 1 amide bonds. The summed E-state index contributed by atoms with van der Waals surface area (Å²) in [6.45, 7) is 8.50. The summed E-state index contributed by atoms with van der Waals surface area (Å²) in [4.78, 5) is 14.5. The molecular formula is C19H27N5O. The molecule has 6 nitrogen and oxygen atoms in total. The van der Waals surface area contributed by atoms with Crippen LogP contribution in [0.15, 0.2) is 36.5 Å². The molecule has 6 heteroatoms. The average Bonchev–Trinajstić information content (AvgIpc) is 3.09. The quantitative estimate of drug-likeness (QED) is 0.907. The third-order valence-corrected chi connectivity index (χ3v) is 4.76. The fourth-order valence-corrected chi connectivity index (χ4v) is 3.51. The van der Waals surface area contributed by atoms with E-state index in [-0.39, 0.29) is 11.9 Å². The summed E-state index contributed by atoms with van der Waals surface area (Å²) in [5.41, 5.74) is 1.80. The van der Waals surface area contributed by atoms with Crippen molar-refractivity contribution in [1.82, 2.24) is 25.2 Å². The van der Waals surface area contributed by atoms with E-state index in [9.17, 15) is 4.79 Å². The van der Waals surface area contributed by atoms with Crippen LogP contribution in [0, 0.1) is 11.8 Å². The van der Waals surface area contributed by atoms with Gasteiger partial charge in [0.25, 0.3) is 0 Å². The van der Waals surface area contributed by atoms with Gasteiger partial charge in [-0.2, -0.15) is 0 Å². The van der Waals surface area contributed by atoms with E-state index in [1.807, 2.05) is 48.4 Å². The molecule has 3 rings (SSSR count). The molecular weight excluding hydrogens is 314 g/mol. The van der Waals surface area contributed by atoms with E-state index in [0.29, 0.717) is 18.4 Å². The van der Waals surface area contributed by atoms with Gasteiger partial charge in [-0.3, -0.25) is 4.79 Å². The number of nitrogens with one attached hydrogen (secondary N) is 1. The summed E-state index contributed by atoms with van der Waals surface area (Å²) < 4.78 is 1.75. The number of likely N-dealkylation sites (tertiary alicyclic amines) is 1. The van der Waals surface area contributed by atoms with E-state index in [2.05, 4.69) is 29.5 Å². The summed E-state index contributed by atoms with van der Waals surface area (Å²) in [6, 6.07) is 9.85. The first-order valence-corrected chi connectivity index (χ1v) is 9.01. The molecule has 0 unspecified atom stereocenters. The van der Waals surface area contributed by atoms with Gasteiger partial charge in [-0.05, 0) is 37.3 Å². The van der Waals surface area contributed by atoms with E-state index < -0.39 is 0 Å². The molecule has 1 N–H and O–H groups in total. The maximum absolute atomic E-state index is 12.5. The highest BCUT2D eigenvalue weighted by atomic mass is 16.2. The van der Waals surface area contributed by atoms with Crippen molar-refractivity contribution in [3.8, 4) is 5.69 Å². The van der Waals surface area contributed by atoms with Crippen LogP contribution in [0.1, 0.15) is 38.9 Å². The first kappa shape index (κ1) is 17.6. The molecule has 1 aromatic carbocycles. The number of nitrogens with zero attached hydrogens (tertiary/aromatic N) is 4. The van der Waals surface area contributed by atoms with Gasteiger partial charge in [-0.15, -0.1) is 5.10 Å². The second-order valence-electron chi connectivity index (χ2n) is 7.27. The van der Waals surface area contributed by atoms with Crippen LogP contribution in [0.3, 0.4) is 0 Å². The number of piperidine rings is 1. The maximum Gasteiger partial charge on any atom is 0.236 e. The van der Waals surface area contributed by atoms with Gasteiger partial charge in [0.1, 0.15) is 0 Å². The number of carbonyl (C=O) groups is 1. The van der Waals surface area contributed by atoms with Gasteiger partial charge in [0.2, 0.25) is 5.91 Å². The topological polar surface area (TPSA) is 63.1 Å². The van der Waals surface area contributed by atoms with Gasteiger partial charge in [0.15, 0.2) is 0 Å². The van der Waals surface area contributed by atoms with Gasteiger partial charge in [0, 0.05) is 13.1 Å². The fourth-order valence-electron chi connectivity index (χ4n) is 3.51. The molecule has 25 heavy (non-hydrogen) atoms. The van der Waals surface area contributed by atoms with E-state index >= 15 is 0 Å². The zero-order chi connectivity index (χ0) is 17.8. The normalized spacial score (nSPS) is 22.0. The van der Waals surface area contributed by atoms with Crippen LogP contribution in [0.4, 0.5) is 0 Å². The highest BCUT2D eigenvalue weighted by Gasteiger charge is 2.25. The van der Waals surface area contributed by atoms with Crippen molar-refractivity contribution in [2.75, 3.05) is 19.6 Å². The molecule has 1 aliphatic rings. The Balaban J connectivity index is 1.55. The lowest BCUT2D eigenvalue weighted by molar-refractivity contribution is -0.133. The average molecular weight is 341 g/mol. The van der Waals surface area contributed by atoms with Gasteiger partial charge in [0.05, 0.1) is 30.2 Å². The van der Waals surface area contributed by atoms with Crippen molar-refractivity contribution >= 4 is 5.91 Å². The first-order chi connectivity index (χ1) is 12.0. The van der Waals surface area contributed by atoms with Crippen LogP contribution >= 0.6 is 0 Å². The molecule has 3 atom stereocenters. The molecule has 0 spiro atoms. The summed E-state index contributed by atoms with van der Waals surface area (Å²) in [5.74, 6) is 1.33. The van der Waals surface area contributed by atoms with E-state index in [4.69, 9.17) is 0 Å². The minimum atomic E-state index is -0.0268. The second-order valence-corrected chi connectivity index (χ2v) is 7.27. The van der Waals surface area contributed by atoms with Crippen LogP contribution in [-0.4, -0.2) is 45.4 Å². The van der Waals surface area contributed by atoms with E-state index in [0.717, 1.165) is 24.5 Å². The minimum absolute atomic E-state index is 0.0268. The number of para-hydroxylation sites is 1. The number of carbonyl (C=O) groups excluding carboxylic acids is 1. The maximum atomic E-state index is 12.5. The molecule has 134 valence electrons. The minimum Gasteiger partial charge on any atom is -0.341 e. The van der Waals surface area contributed by atoms with Crippen molar-refractivity contribution in [3.05, 3.63) is 42.2 Å². The molecule has 2 aromatic rings. The molecule has 2 heterocycles. The summed E-state index contributed by atoms with van der Waals surface area (Å²) in [7, 11) is 0. The highest BCUT2D eigenvalue weighted by molar-refractivity contribution is 5.78. The zero-order valence-corrected chi connectivity index (χ0v) is 15.2. The smallest absolute Gasteiger partial charge is 0.236 e. The van der Waals surface area contributed by atoms with Crippen LogP contribution in [0.25, 0.3) is 5.69 Å². The summed E-state index contributed by atoms with van der Waals surface area (Å²) in [6.07, 6.45) is 3.11. The second kappa shape index (κ2) is 7.78. The Morgan fingerprint density at radius 3 is 2.60 bits per heavy atom. The molecule has 1 aliphatic heterocycles. The lowest BCUT2D eigenvalue weighted by atomic mass is 9.92. The van der Waals surface area contributed by atoms with Crippen molar-refractivity contribution in [1.29, 1.82) is 0 Å². The van der Waals surface area contributed by atoms with Crippen LogP contribution in [0.5, 0.6) is 0 Å². The fraction of sp³-hybridized carbons (Fsp3) is 0.526. The molecule has 1 fully saturated rings. The predicted octanol–water partition coefficient (Wildman–Crippen LogP) is 2.42. The standard InChI is InChI=1S/C19H27N5O/c1-14-9-15(2)12-23(11-14)19(25)10-20-16(3)18-13-24(22-21-18)17-7-5-4-6-8-17/h4-8,13-16,20H,9-12H2,1-3H3/t14-,15-,16-/m1/s1. The Morgan fingerprint density at radius 2 is 1.92 bits per heavy atom. The van der Waals surface area contributed by atoms with Crippen LogP contribution in [-0.2, 0) is 4.79 Å². The molecule has 1 aromatic heterocycles. The Bertz CT molecular complexity index is 689. The molecule has 0 saturated carbocycles. The molecule has 0 bridgehead atoms. The Hall–Kier alpha value is -2.21. The van der Waals surface area contributed by atoms with Crippen LogP contribution in [0.2, 0.25) is 0 Å². The monoisotopic (exact) mass is 341 g/mol. The number of hydrogen-bond acceptors (Lipinski definition) is 4. The van der Waals surface area contributed by atoms with E-state index in [1.165, 1.54) is 6.42 Å². The molecule has 1 saturated heterocycles. The van der Waals surface area contributed by atoms with Crippen molar-refractivity contribution < 1.29 is 4.79 Å². The number of rotatable bonds is 5. The zero-order valence-electron chi connectivity index (χ0n) is 15.2. The highest BCUT2D eigenvalue weighted by Crippen LogP contribution is 2.21. The first-order valence-electron chi connectivity index (χ1n) is 9.01. The SMILES string of the molecule is C[C@@H]1C[C@@H](C)CN(C(=O)CN[C@H](C)c2cn(-c3ccccc3)nn2)C1. The molecule has 0 aliphatic carbocycles. The van der Waals surface area contributed by atoms with Gasteiger partial charge >= 0.3 is 0 Å². The Labute approximate surface area is 149 Å². The van der Waals surface area contributed by atoms with E-state index in [1.54, 1.807) is 4.68 Å².